The Morgan fingerprint density at radius 1 is 0.880 bits per heavy atom. The smallest absolute Gasteiger partial charge is 0.255 e. The number of hydrogen-bond acceptors (Lipinski definition) is 2. The lowest BCUT2D eigenvalue weighted by Crippen LogP contribution is -2.13. The van der Waals surface area contributed by atoms with Crippen LogP contribution in [0, 0.1) is 34.9 Å². The van der Waals surface area contributed by atoms with Gasteiger partial charge in [0.1, 0.15) is 5.82 Å². The van der Waals surface area contributed by atoms with Crippen molar-refractivity contribution in [2.45, 2.75) is 5.75 Å². The van der Waals surface area contributed by atoms with E-state index in [1.807, 2.05) is 0 Å². The second-order valence-corrected chi connectivity index (χ2v) is 5.79. The van der Waals surface area contributed by atoms with Gasteiger partial charge in [0, 0.05) is 5.75 Å². The van der Waals surface area contributed by atoms with Gasteiger partial charge in [-0.15, -0.1) is 11.8 Å². The Morgan fingerprint density at radius 3 is 1.84 bits per heavy atom. The minimum atomic E-state index is -2.30. The third-order valence-electron chi connectivity index (χ3n) is 3.07. The van der Waals surface area contributed by atoms with Crippen LogP contribution in [0.3, 0.4) is 0 Å². The molecule has 2 nitrogen and oxygen atoms in total. The molecule has 0 aliphatic heterocycles. The van der Waals surface area contributed by atoms with Crippen molar-refractivity contribution in [3.05, 3.63) is 75.2 Å². The topological polar surface area (TPSA) is 43.1 Å². The lowest BCUT2D eigenvalue weighted by Gasteiger charge is -2.07. The highest BCUT2D eigenvalue weighted by Gasteiger charge is 2.25. The van der Waals surface area contributed by atoms with Gasteiger partial charge in [-0.05, 0) is 23.8 Å². The van der Waals surface area contributed by atoms with Crippen LogP contribution in [0.15, 0.2) is 29.2 Å². The van der Waals surface area contributed by atoms with Crippen molar-refractivity contribution in [1.82, 2.24) is 0 Å². The van der Waals surface area contributed by atoms with Gasteiger partial charge in [0.15, 0.2) is 23.3 Å². The summed E-state index contributed by atoms with van der Waals surface area (Å²) >= 11 is 0.709. The van der Waals surface area contributed by atoms with Crippen molar-refractivity contribution in [1.29, 1.82) is 0 Å². The lowest BCUT2D eigenvalue weighted by molar-refractivity contribution is -0.113. The van der Waals surface area contributed by atoms with Gasteiger partial charge in [-0.3, -0.25) is 4.79 Å². The first-order valence-electron chi connectivity index (χ1n) is 6.62. The number of nitrogens with two attached hydrogens (primary N) is 1. The maximum Gasteiger partial charge on any atom is 0.255 e. The molecule has 2 aromatic rings. The summed E-state index contributed by atoms with van der Waals surface area (Å²) in [6.07, 6.45) is 0.493. The molecule has 25 heavy (non-hydrogen) atoms. The first-order valence-corrected chi connectivity index (χ1v) is 7.61. The molecule has 0 atom stereocenters. The molecular formula is C16H9F6NOS. The maximum absolute atomic E-state index is 13.7. The van der Waals surface area contributed by atoms with Gasteiger partial charge in [-0.1, -0.05) is 12.1 Å². The van der Waals surface area contributed by atoms with E-state index in [0.717, 1.165) is 12.1 Å². The predicted molar refractivity (Wildman–Crippen MR) is 81.1 cm³/mol. The number of carbonyl (C=O) groups excluding carboxylic acids is 1. The fourth-order valence-electron chi connectivity index (χ4n) is 1.81. The zero-order chi connectivity index (χ0) is 18.7. The summed E-state index contributed by atoms with van der Waals surface area (Å²) in [7, 11) is 0. The van der Waals surface area contributed by atoms with Crippen LogP contribution in [-0.4, -0.2) is 5.91 Å². The first-order chi connectivity index (χ1) is 11.7. The lowest BCUT2D eigenvalue weighted by atomic mass is 10.1. The van der Waals surface area contributed by atoms with Gasteiger partial charge < -0.3 is 5.73 Å². The number of primary amides is 1. The summed E-state index contributed by atoms with van der Waals surface area (Å²) in [5.41, 5.74) is 4.37. The van der Waals surface area contributed by atoms with E-state index < -0.39 is 51.3 Å². The Morgan fingerprint density at radius 2 is 1.36 bits per heavy atom. The predicted octanol–water partition coefficient (Wildman–Crippen LogP) is 4.28. The third-order valence-corrected chi connectivity index (χ3v) is 4.18. The Balaban J connectivity index is 2.37. The fourth-order valence-corrected chi connectivity index (χ4v) is 2.66. The molecule has 1 amide bonds. The van der Waals surface area contributed by atoms with Crippen molar-refractivity contribution < 1.29 is 31.1 Å². The van der Waals surface area contributed by atoms with Crippen LogP contribution in [0.1, 0.15) is 11.1 Å². The van der Waals surface area contributed by atoms with Crippen molar-refractivity contribution in [3.63, 3.8) is 0 Å². The number of carbonyl (C=O) groups is 1. The van der Waals surface area contributed by atoms with Crippen LogP contribution in [0.2, 0.25) is 0 Å². The van der Waals surface area contributed by atoms with E-state index in [1.54, 1.807) is 0 Å². The minimum Gasteiger partial charge on any atom is -0.365 e. The molecule has 0 bridgehead atoms. The molecule has 132 valence electrons. The molecule has 0 spiro atoms. The van der Waals surface area contributed by atoms with Gasteiger partial charge in [-0.25, -0.2) is 26.3 Å². The van der Waals surface area contributed by atoms with E-state index in [1.165, 1.54) is 12.1 Å². The van der Waals surface area contributed by atoms with Crippen LogP contribution in [-0.2, 0) is 10.5 Å². The fraction of sp³-hybridized carbons (Fsp3) is 0.0625. The van der Waals surface area contributed by atoms with Crippen molar-refractivity contribution >= 4 is 23.7 Å². The molecule has 0 aliphatic carbocycles. The molecule has 9 heteroatoms. The summed E-state index contributed by atoms with van der Waals surface area (Å²) in [5.74, 6) is -12.2. The van der Waals surface area contributed by atoms with Gasteiger partial charge >= 0.3 is 0 Å². The minimum absolute atomic E-state index is 0.0600. The molecule has 2 N–H and O–H groups in total. The van der Waals surface area contributed by atoms with Crippen LogP contribution in [0.4, 0.5) is 26.3 Å². The Hall–Kier alpha value is -2.42. The van der Waals surface area contributed by atoms with E-state index in [4.69, 9.17) is 5.73 Å². The second kappa shape index (κ2) is 7.64. The molecule has 2 aromatic carbocycles. The highest BCUT2D eigenvalue weighted by Crippen LogP contribution is 2.29. The average Bonchev–Trinajstić information content (AvgIpc) is 2.59. The highest BCUT2D eigenvalue weighted by atomic mass is 32.2. The molecule has 0 aliphatic rings. The number of halogens is 6. The van der Waals surface area contributed by atoms with Gasteiger partial charge in [0.2, 0.25) is 5.82 Å². The third kappa shape index (κ3) is 4.16. The van der Waals surface area contributed by atoms with E-state index in [0.29, 0.717) is 23.4 Å². The Labute approximate surface area is 142 Å². The molecule has 0 heterocycles. The SMILES string of the molecule is NC(=O)C(=Cc1c(F)c(F)c(F)c(F)c1F)SCc1ccc(F)cc1. The molecule has 2 rings (SSSR count). The average molecular weight is 377 g/mol. The standard InChI is InChI=1S/C16H9F6NOS/c17-8-3-1-7(2-4-8)6-25-10(16(23)24)5-9-11(18)13(20)15(22)14(21)12(9)19/h1-5H,6H2,(H2,23,24). The zero-order valence-corrected chi connectivity index (χ0v) is 13.1. The summed E-state index contributed by atoms with van der Waals surface area (Å²) < 4.78 is 79.6. The quantitative estimate of drug-likeness (QED) is 0.366. The molecule has 0 saturated carbocycles. The van der Waals surface area contributed by atoms with Gasteiger partial charge in [-0.2, -0.15) is 0 Å². The number of benzene rings is 2. The van der Waals surface area contributed by atoms with Crippen LogP contribution in [0.5, 0.6) is 0 Å². The summed E-state index contributed by atoms with van der Waals surface area (Å²) in [6, 6.07) is 5.12. The van der Waals surface area contributed by atoms with Crippen LogP contribution < -0.4 is 5.73 Å². The van der Waals surface area contributed by atoms with E-state index in [9.17, 15) is 31.1 Å². The number of hydrogen-bond donors (Lipinski definition) is 1. The van der Waals surface area contributed by atoms with Crippen LogP contribution in [0.25, 0.3) is 6.08 Å². The maximum atomic E-state index is 13.7. The molecule has 0 radical (unpaired) electrons. The molecule has 0 unspecified atom stereocenters. The van der Waals surface area contributed by atoms with Crippen molar-refractivity contribution in [3.8, 4) is 0 Å². The van der Waals surface area contributed by atoms with Gasteiger partial charge in [0.25, 0.3) is 5.91 Å². The first kappa shape index (κ1) is 18.9. The van der Waals surface area contributed by atoms with Crippen LogP contribution >= 0.6 is 11.8 Å². The van der Waals surface area contributed by atoms with Gasteiger partial charge in [0.05, 0.1) is 10.5 Å². The number of thioether (sulfide) groups is 1. The number of rotatable bonds is 5. The molecule has 0 fully saturated rings. The summed E-state index contributed by atoms with van der Waals surface area (Å²) in [6.45, 7) is 0. The van der Waals surface area contributed by atoms with E-state index in [2.05, 4.69) is 0 Å². The largest absolute Gasteiger partial charge is 0.365 e. The Kier molecular flexibility index (Phi) is 5.78. The zero-order valence-electron chi connectivity index (χ0n) is 12.3. The highest BCUT2D eigenvalue weighted by molar-refractivity contribution is 8.03. The Bertz CT molecular complexity index is 822. The summed E-state index contributed by atoms with van der Waals surface area (Å²) in [5, 5.41) is 0. The van der Waals surface area contributed by atoms with E-state index in [-0.39, 0.29) is 5.75 Å². The monoisotopic (exact) mass is 377 g/mol. The molecule has 0 saturated heterocycles. The van der Waals surface area contributed by atoms with Crippen molar-refractivity contribution in [2.75, 3.05) is 0 Å². The molecule has 0 aromatic heterocycles. The summed E-state index contributed by atoms with van der Waals surface area (Å²) in [4.78, 5) is 11.0. The number of amides is 1. The van der Waals surface area contributed by atoms with E-state index >= 15 is 0 Å². The molecular weight excluding hydrogens is 368 g/mol. The second-order valence-electron chi connectivity index (χ2n) is 4.77. The van der Waals surface area contributed by atoms with Crippen molar-refractivity contribution in [2.24, 2.45) is 5.73 Å². The normalized spacial score (nSPS) is 11.7.